The molecule has 2 aromatic heterocycles. The lowest BCUT2D eigenvalue weighted by molar-refractivity contribution is 0.565. The zero-order valence-corrected chi connectivity index (χ0v) is 13.1. The zero-order chi connectivity index (χ0) is 14.2. The Hall–Kier alpha value is -1.58. The lowest BCUT2D eigenvalue weighted by Gasteiger charge is -2.03. The lowest BCUT2D eigenvalue weighted by atomic mass is 10.1. The number of furan rings is 1. The van der Waals surface area contributed by atoms with Crippen molar-refractivity contribution in [2.24, 2.45) is 0 Å². The average Bonchev–Trinajstić information content (AvgIpc) is 3.12. The molecule has 1 aromatic carbocycles. The summed E-state index contributed by atoms with van der Waals surface area (Å²) < 4.78 is 5.81. The summed E-state index contributed by atoms with van der Waals surface area (Å²) in [5, 5.41) is 4.81. The van der Waals surface area contributed by atoms with Crippen LogP contribution >= 0.6 is 11.3 Å². The first-order chi connectivity index (χ1) is 10.3. The Morgan fingerprint density at radius 2 is 2.10 bits per heavy atom. The minimum atomic E-state index is 0.866. The van der Waals surface area contributed by atoms with Gasteiger partial charge in [0, 0.05) is 33.8 Å². The first-order valence-corrected chi connectivity index (χ1v) is 8.41. The number of nitrogens with one attached hydrogen (secondary N) is 1. The normalized spacial score (nSPS) is 14.0. The second-order valence-corrected chi connectivity index (χ2v) is 6.97. The standard InChI is InChI=1S/C18H19NOS/c1-12-16(15-6-2-3-7-17(15)20-12)11-19-10-14-9-13-5-4-8-18(13)21-14/h2-3,6-7,9,19H,4-5,8,10-11H2,1H3. The first kappa shape index (κ1) is 13.1. The van der Waals surface area contributed by atoms with Crippen molar-refractivity contribution in [3.8, 4) is 0 Å². The molecule has 1 aliphatic carbocycles. The van der Waals surface area contributed by atoms with Crippen LogP contribution in [-0.4, -0.2) is 0 Å². The summed E-state index contributed by atoms with van der Waals surface area (Å²) in [5.74, 6) is 1.03. The number of para-hydroxylation sites is 1. The highest BCUT2D eigenvalue weighted by Crippen LogP contribution is 2.30. The number of benzene rings is 1. The van der Waals surface area contributed by atoms with E-state index in [0.29, 0.717) is 0 Å². The highest BCUT2D eigenvalue weighted by Gasteiger charge is 2.15. The number of thiophene rings is 1. The van der Waals surface area contributed by atoms with Crippen LogP contribution in [0.15, 0.2) is 34.7 Å². The van der Waals surface area contributed by atoms with E-state index >= 15 is 0 Å². The number of fused-ring (bicyclic) bond motifs is 2. The molecule has 2 nitrogen and oxygen atoms in total. The Kier molecular flexibility index (Phi) is 3.32. The van der Waals surface area contributed by atoms with Gasteiger partial charge in [0.25, 0.3) is 0 Å². The number of hydrogen-bond acceptors (Lipinski definition) is 3. The highest BCUT2D eigenvalue weighted by molar-refractivity contribution is 7.12. The molecule has 0 amide bonds. The molecule has 0 bridgehead atoms. The third kappa shape index (κ3) is 2.41. The largest absolute Gasteiger partial charge is 0.461 e. The fraction of sp³-hybridized carbons (Fsp3) is 0.333. The summed E-state index contributed by atoms with van der Waals surface area (Å²) in [6.07, 6.45) is 3.90. The van der Waals surface area contributed by atoms with E-state index in [9.17, 15) is 0 Å². The minimum absolute atomic E-state index is 0.866. The van der Waals surface area contributed by atoms with Gasteiger partial charge in [-0.05, 0) is 43.9 Å². The van der Waals surface area contributed by atoms with Gasteiger partial charge in [-0.2, -0.15) is 0 Å². The van der Waals surface area contributed by atoms with Crippen LogP contribution < -0.4 is 5.32 Å². The maximum absolute atomic E-state index is 5.81. The summed E-state index contributed by atoms with van der Waals surface area (Å²) in [5.41, 5.74) is 3.86. The molecule has 0 fully saturated rings. The van der Waals surface area contributed by atoms with Crippen LogP contribution in [0.1, 0.15) is 33.1 Å². The molecule has 21 heavy (non-hydrogen) atoms. The van der Waals surface area contributed by atoms with Crippen LogP contribution in [0.25, 0.3) is 11.0 Å². The van der Waals surface area contributed by atoms with Gasteiger partial charge < -0.3 is 9.73 Å². The van der Waals surface area contributed by atoms with Gasteiger partial charge in [-0.3, -0.25) is 0 Å². The molecular formula is C18H19NOS. The van der Waals surface area contributed by atoms with E-state index in [1.807, 2.05) is 23.5 Å². The summed E-state index contributed by atoms with van der Waals surface area (Å²) in [7, 11) is 0. The SMILES string of the molecule is Cc1oc2ccccc2c1CNCc1cc2c(s1)CCC2. The lowest BCUT2D eigenvalue weighted by Crippen LogP contribution is -2.12. The molecule has 0 atom stereocenters. The van der Waals surface area contributed by atoms with Crippen molar-refractivity contribution >= 4 is 22.3 Å². The molecule has 4 rings (SSSR count). The molecule has 0 radical (unpaired) electrons. The van der Waals surface area contributed by atoms with E-state index < -0.39 is 0 Å². The van der Waals surface area contributed by atoms with Gasteiger partial charge in [-0.25, -0.2) is 0 Å². The Labute approximate surface area is 128 Å². The molecular weight excluding hydrogens is 278 g/mol. The van der Waals surface area contributed by atoms with E-state index in [0.717, 1.165) is 24.4 Å². The van der Waals surface area contributed by atoms with E-state index in [2.05, 4.69) is 30.4 Å². The van der Waals surface area contributed by atoms with Gasteiger partial charge in [0.15, 0.2) is 0 Å². The first-order valence-electron chi connectivity index (χ1n) is 7.59. The molecule has 0 unspecified atom stereocenters. The van der Waals surface area contributed by atoms with E-state index in [1.165, 1.54) is 35.1 Å². The van der Waals surface area contributed by atoms with Crippen molar-refractivity contribution in [2.75, 3.05) is 0 Å². The van der Waals surface area contributed by atoms with Crippen LogP contribution in [0, 0.1) is 6.92 Å². The van der Waals surface area contributed by atoms with E-state index in [4.69, 9.17) is 4.42 Å². The van der Waals surface area contributed by atoms with Crippen LogP contribution in [0.2, 0.25) is 0 Å². The number of aryl methyl sites for hydroxylation is 3. The summed E-state index contributed by atoms with van der Waals surface area (Å²) in [4.78, 5) is 3.07. The highest BCUT2D eigenvalue weighted by atomic mass is 32.1. The van der Waals surface area contributed by atoms with Gasteiger partial charge >= 0.3 is 0 Å². The van der Waals surface area contributed by atoms with Crippen molar-refractivity contribution < 1.29 is 4.42 Å². The van der Waals surface area contributed by atoms with Crippen LogP contribution in [0.5, 0.6) is 0 Å². The van der Waals surface area contributed by atoms with Gasteiger partial charge in [0.05, 0.1) is 0 Å². The summed E-state index contributed by atoms with van der Waals surface area (Å²) in [6, 6.07) is 10.7. The zero-order valence-electron chi connectivity index (χ0n) is 12.2. The molecule has 108 valence electrons. The monoisotopic (exact) mass is 297 g/mol. The molecule has 0 saturated heterocycles. The Morgan fingerprint density at radius 1 is 1.19 bits per heavy atom. The predicted molar refractivity (Wildman–Crippen MR) is 87.8 cm³/mol. The van der Waals surface area contributed by atoms with Crippen molar-refractivity contribution in [3.63, 3.8) is 0 Å². The predicted octanol–water partition coefficient (Wildman–Crippen LogP) is 4.58. The maximum atomic E-state index is 5.81. The topological polar surface area (TPSA) is 25.2 Å². The third-order valence-electron chi connectivity index (χ3n) is 4.30. The van der Waals surface area contributed by atoms with Gasteiger partial charge in [-0.1, -0.05) is 18.2 Å². The van der Waals surface area contributed by atoms with Gasteiger partial charge in [0.2, 0.25) is 0 Å². The molecule has 1 aliphatic rings. The molecule has 1 N–H and O–H groups in total. The molecule has 0 saturated carbocycles. The fourth-order valence-corrected chi connectivity index (χ4v) is 4.46. The van der Waals surface area contributed by atoms with E-state index in [-0.39, 0.29) is 0 Å². The molecule has 3 heteroatoms. The minimum Gasteiger partial charge on any atom is -0.461 e. The van der Waals surface area contributed by atoms with Crippen molar-refractivity contribution in [1.29, 1.82) is 0 Å². The van der Waals surface area contributed by atoms with Crippen LogP contribution in [0.3, 0.4) is 0 Å². The Morgan fingerprint density at radius 3 is 3.00 bits per heavy atom. The van der Waals surface area contributed by atoms with Crippen molar-refractivity contribution in [1.82, 2.24) is 5.32 Å². The van der Waals surface area contributed by atoms with E-state index in [1.54, 1.807) is 10.4 Å². The quantitative estimate of drug-likeness (QED) is 0.762. The van der Waals surface area contributed by atoms with Crippen molar-refractivity contribution in [2.45, 2.75) is 39.3 Å². The average molecular weight is 297 g/mol. The van der Waals surface area contributed by atoms with Crippen LogP contribution in [-0.2, 0) is 25.9 Å². The van der Waals surface area contributed by atoms with Gasteiger partial charge in [0.1, 0.15) is 11.3 Å². The third-order valence-corrected chi connectivity index (χ3v) is 5.54. The van der Waals surface area contributed by atoms with Crippen LogP contribution in [0.4, 0.5) is 0 Å². The fourth-order valence-electron chi connectivity index (χ4n) is 3.23. The Bertz CT molecular complexity index is 762. The second-order valence-electron chi connectivity index (χ2n) is 5.75. The molecule has 2 heterocycles. The molecule has 0 aliphatic heterocycles. The smallest absolute Gasteiger partial charge is 0.134 e. The number of rotatable bonds is 4. The summed E-state index contributed by atoms with van der Waals surface area (Å²) >= 11 is 1.98. The summed E-state index contributed by atoms with van der Waals surface area (Å²) in [6.45, 7) is 3.87. The second kappa shape index (κ2) is 5.32. The van der Waals surface area contributed by atoms with Crippen molar-refractivity contribution in [3.05, 3.63) is 57.0 Å². The number of hydrogen-bond donors (Lipinski definition) is 1. The molecule has 0 spiro atoms. The maximum Gasteiger partial charge on any atom is 0.134 e. The Balaban J connectivity index is 1.47. The molecule has 3 aromatic rings. The van der Waals surface area contributed by atoms with Gasteiger partial charge in [-0.15, -0.1) is 11.3 Å².